The van der Waals surface area contributed by atoms with Crippen LogP contribution in [0.25, 0.3) is 0 Å². The Morgan fingerprint density at radius 3 is 2.60 bits per heavy atom. The van der Waals surface area contributed by atoms with Crippen molar-refractivity contribution in [3.8, 4) is 0 Å². The second-order valence-electron chi connectivity index (χ2n) is 6.03. The molecule has 88 valence electrons. The fourth-order valence-corrected chi connectivity index (χ4v) is 2.30. The first-order valence-electron chi connectivity index (χ1n) is 6.20. The Bertz CT molecular complexity index is 222. The maximum Gasteiger partial charge on any atom is 0.0621 e. The Hall–Kier alpha value is -0.300. The van der Waals surface area contributed by atoms with Gasteiger partial charge in [0.15, 0.2) is 0 Å². The Kier molecular flexibility index (Phi) is 4.39. The molecule has 0 aromatic rings. The van der Waals surface area contributed by atoms with Crippen molar-refractivity contribution in [1.29, 1.82) is 0 Å². The lowest BCUT2D eigenvalue weighted by molar-refractivity contribution is -0.0682. The molecular weight excluding hydrogens is 184 g/mol. The fourth-order valence-electron chi connectivity index (χ4n) is 2.30. The molecule has 1 aliphatic carbocycles. The van der Waals surface area contributed by atoms with E-state index in [1.165, 1.54) is 24.8 Å². The molecule has 0 radical (unpaired) electrons. The molecule has 0 fully saturated rings. The Morgan fingerprint density at radius 2 is 2.00 bits per heavy atom. The largest absolute Gasteiger partial charge is 0.372 e. The minimum atomic E-state index is -0.0101. The van der Waals surface area contributed by atoms with Gasteiger partial charge in [0, 0.05) is 0 Å². The van der Waals surface area contributed by atoms with Gasteiger partial charge in [-0.2, -0.15) is 0 Å². The van der Waals surface area contributed by atoms with Gasteiger partial charge in [-0.3, -0.25) is 0 Å². The molecule has 0 amide bonds. The summed E-state index contributed by atoms with van der Waals surface area (Å²) in [4.78, 5) is 0. The molecule has 2 unspecified atom stereocenters. The van der Waals surface area contributed by atoms with Crippen molar-refractivity contribution in [3.63, 3.8) is 0 Å². The zero-order chi connectivity index (χ0) is 11.5. The summed E-state index contributed by atoms with van der Waals surface area (Å²) >= 11 is 0. The van der Waals surface area contributed by atoms with Crippen LogP contribution in [0.15, 0.2) is 11.6 Å². The van der Waals surface area contributed by atoms with Crippen LogP contribution in [-0.2, 0) is 4.74 Å². The zero-order valence-electron chi connectivity index (χ0n) is 11.0. The van der Waals surface area contributed by atoms with E-state index in [0.29, 0.717) is 6.10 Å². The van der Waals surface area contributed by atoms with E-state index in [2.05, 4.69) is 40.7 Å². The molecule has 0 aromatic carbocycles. The molecule has 1 aliphatic rings. The first-order valence-corrected chi connectivity index (χ1v) is 6.20. The van der Waals surface area contributed by atoms with E-state index >= 15 is 0 Å². The third-order valence-corrected chi connectivity index (χ3v) is 2.89. The van der Waals surface area contributed by atoms with Gasteiger partial charge in [0.2, 0.25) is 0 Å². The quantitative estimate of drug-likeness (QED) is 0.585. The van der Waals surface area contributed by atoms with Crippen LogP contribution in [0.5, 0.6) is 0 Å². The second kappa shape index (κ2) is 5.16. The first-order chi connectivity index (χ1) is 6.87. The number of hydrogen-bond acceptors (Lipinski definition) is 1. The molecule has 0 saturated carbocycles. The standard InChI is InChI=1S/C14H26O/c1-11-7-6-8-12(2)10-13(9-11)15-14(3,4)5/h7,12-13H,6,8-10H2,1-5H3. The van der Waals surface area contributed by atoms with Crippen LogP contribution in [0.1, 0.15) is 60.3 Å². The van der Waals surface area contributed by atoms with Crippen LogP contribution in [0.3, 0.4) is 0 Å². The predicted octanol–water partition coefficient (Wildman–Crippen LogP) is 4.33. The first kappa shape index (κ1) is 12.8. The van der Waals surface area contributed by atoms with Crippen molar-refractivity contribution in [1.82, 2.24) is 0 Å². The average Bonchev–Trinajstić information content (AvgIpc) is 1.97. The van der Waals surface area contributed by atoms with Crippen molar-refractivity contribution in [3.05, 3.63) is 11.6 Å². The van der Waals surface area contributed by atoms with Crippen LogP contribution < -0.4 is 0 Å². The lowest BCUT2D eigenvalue weighted by atomic mass is 9.91. The molecule has 0 heterocycles. The van der Waals surface area contributed by atoms with Gasteiger partial charge in [0.25, 0.3) is 0 Å². The molecule has 0 saturated heterocycles. The van der Waals surface area contributed by atoms with E-state index in [1.54, 1.807) is 0 Å². The third kappa shape index (κ3) is 5.36. The van der Waals surface area contributed by atoms with Crippen molar-refractivity contribution >= 4 is 0 Å². The van der Waals surface area contributed by atoms with Gasteiger partial charge in [-0.25, -0.2) is 0 Å². The number of ether oxygens (including phenoxy) is 1. The summed E-state index contributed by atoms with van der Waals surface area (Å²) in [6, 6.07) is 0. The Morgan fingerprint density at radius 1 is 1.33 bits per heavy atom. The van der Waals surface area contributed by atoms with Crippen LogP contribution >= 0.6 is 0 Å². The average molecular weight is 210 g/mol. The summed E-state index contributed by atoms with van der Waals surface area (Å²) in [6.07, 6.45) is 7.67. The predicted molar refractivity (Wildman–Crippen MR) is 66.0 cm³/mol. The van der Waals surface area contributed by atoms with Crippen molar-refractivity contribution < 1.29 is 4.74 Å². The lowest BCUT2D eigenvalue weighted by Crippen LogP contribution is -2.29. The Labute approximate surface area is 94.9 Å². The van der Waals surface area contributed by atoms with Gasteiger partial charge in [-0.05, 0) is 59.3 Å². The van der Waals surface area contributed by atoms with E-state index in [9.17, 15) is 0 Å². The van der Waals surface area contributed by atoms with Crippen molar-refractivity contribution in [2.75, 3.05) is 0 Å². The minimum Gasteiger partial charge on any atom is -0.372 e. The maximum atomic E-state index is 6.11. The van der Waals surface area contributed by atoms with Crippen LogP contribution in [-0.4, -0.2) is 11.7 Å². The summed E-state index contributed by atoms with van der Waals surface area (Å²) in [7, 11) is 0. The van der Waals surface area contributed by atoms with E-state index in [0.717, 1.165) is 12.3 Å². The molecule has 1 heteroatoms. The molecule has 1 rings (SSSR count). The molecule has 0 bridgehead atoms. The summed E-state index contributed by atoms with van der Waals surface area (Å²) in [5.74, 6) is 0.793. The molecule has 0 spiro atoms. The number of allylic oxidation sites excluding steroid dienone is 1. The molecule has 15 heavy (non-hydrogen) atoms. The minimum absolute atomic E-state index is 0.0101. The van der Waals surface area contributed by atoms with Gasteiger partial charge < -0.3 is 4.74 Å². The monoisotopic (exact) mass is 210 g/mol. The third-order valence-electron chi connectivity index (χ3n) is 2.89. The highest BCUT2D eigenvalue weighted by Gasteiger charge is 2.22. The summed E-state index contributed by atoms with van der Waals surface area (Å²) in [5.41, 5.74) is 1.49. The van der Waals surface area contributed by atoms with Crippen LogP contribution in [0.2, 0.25) is 0 Å². The highest BCUT2D eigenvalue weighted by molar-refractivity contribution is 5.01. The molecule has 0 aromatic heterocycles. The van der Waals surface area contributed by atoms with E-state index in [1.807, 2.05) is 0 Å². The Balaban J connectivity index is 2.60. The van der Waals surface area contributed by atoms with E-state index < -0.39 is 0 Å². The smallest absolute Gasteiger partial charge is 0.0621 e. The van der Waals surface area contributed by atoms with Crippen molar-refractivity contribution in [2.24, 2.45) is 5.92 Å². The molecular formula is C14H26O. The fraction of sp³-hybridized carbons (Fsp3) is 0.857. The zero-order valence-corrected chi connectivity index (χ0v) is 11.0. The number of hydrogen-bond donors (Lipinski definition) is 0. The molecule has 1 nitrogen and oxygen atoms in total. The second-order valence-corrected chi connectivity index (χ2v) is 6.03. The SMILES string of the molecule is CC1=CCCC(C)CC(OC(C)(C)C)C1. The highest BCUT2D eigenvalue weighted by Crippen LogP contribution is 2.26. The van der Waals surface area contributed by atoms with E-state index in [4.69, 9.17) is 4.74 Å². The van der Waals surface area contributed by atoms with Gasteiger partial charge in [0.05, 0.1) is 11.7 Å². The molecule has 0 aliphatic heterocycles. The summed E-state index contributed by atoms with van der Waals surface area (Å²) < 4.78 is 6.11. The normalized spacial score (nSPS) is 29.3. The lowest BCUT2D eigenvalue weighted by Gasteiger charge is -2.30. The maximum absolute atomic E-state index is 6.11. The van der Waals surface area contributed by atoms with Gasteiger partial charge >= 0.3 is 0 Å². The van der Waals surface area contributed by atoms with Gasteiger partial charge in [-0.1, -0.05) is 18.6 Å². The van der Waals surface area contributed by atoms with E-state index in [-0.39, 0.29) is 5.60 Å². The summed E-state index contributed by atoms with van der Waals surface area (Å²) in [5, 5.41) is 0. The summed E-state index contributed by atoms with van der Waals surface area (Å²) in [6.45, 7) is 11.0. The van der Waals surface area contributed by atoms with Gasteiger partial charge in [0.1, 0.15) is 0 Å². The van der Waals surface area contributed by atoms with Crippen molar-refractivity contribution in [2.45, 2.75) is 72.0 Å². The topological polar surface area (TPSA) is 9.23 Å². The van der Waals surface area contributed by atoms with Gasteiger partial charge in [-0.15, -0.1) is 0 Å². The number of rotatable bonds is 1. The van der Waals surface area contributed by atoms with Crippen LogP contribution in [0, 0.1) is 5.92 Å². The molecule has 0 N–H and O–H groups in total. The highest BCUT2D eigenvalue weighted by atomic mass is 16.5. The van der Waals surface area contributed by atoms with Crippen LogP contribution in [0.4, 0.5) is 0 Å². The molecule has 2 atom stereocenters.